The predicted octanol–water partition coefficient (Wildman–Crippen LogP) is 3.62. The molecule has 0 radical (unpaired) electrons. The molecule has 12 heavy (non-hydrogen) atoms. The van der Waals surface area contributed by atoms with Gasteiger partial charge >= 0.3 is 0 Å². The van der Waals surface area contributed by atoms with E-state index < -0.39 is 0 Å². The highest BCUT2D eigenvalue weighted by atomic mass is 32.1. The van der Waals surface area contributed by atoms with Crippen molar-refractivity contribution >= 4 is 24.0 Å². The molecule has 0 saturated carbocycles. The summed E-state index contributed by atoms with van der Waals surface area (Å²) in [6.45, 7) is 4.40. The second-order valence-electron chi connectivity index (χ2n) is 3.12. The van der Waals surface area contributed by atoms with E-state index in [-0.39, 0.29) is 0 Å². The van der Waals surface area contributed by atoms with Crippen LogP contribution in [0, 0.1) is 13.8 Å². The number of unbranched alkanes of at least 4 members (excludes halogenated alkanes) is 1. The Labute approximate surface area is 84.4 Å². The fourth-order valence-electron chi connectivity index (χ4n) is 1.36. The molecular weight excluding hydrogens is 184 g/mol. The van der Waals surface area contributed by atoms with E-state index in [4.69, 9.17) is 0 Å². The van der Waals surface area contributed by atoms with E-state index in [1.807, 2.05) is 11.3 Å². The van der Waals surface area contributed by atoms with E-state index in [2.05, 4.69) is 32.5 Å². The Morgan fingerprint density at radius 3 is 2.58 bits per heavy atom. The second kappa shape index (κ2) is 4.93. The van der Waals surface area contributed by atoms with E-state index in [1.54, 1.807) is 5.56 Å². The Bertz CT molecular complexity index is 238. The van der Waals surface area contributed by atoms with Gasteiger partial charge in [-0.2, -0.15) is 12.6 Å². The van der Waals surface area contributed by atoms with Gasteiger partial charge in [0.1, 0.15) is 0 Å². The summed E-state index contributed by atoms with van der Waals surface area (Å²) in [5.74, 6) is 1.02. The molecule has 0 aliphatic rings. The van der Waals surface area contributed by atoms with E-state index in [0.29, 0.717) is 0 Å². The van der Waals surface area contributed by atoms with E-state index in [1.165, 1.54) is 29.0 Å². The maximum absolute atomic E-state index is 4.20. The van der Waals surface area contributed by atoms with Crippen LogP contribution in [0.3, 0.4) is 0 Å². The van der Waals surface area contributed by atoms with Crippen molar-refractivity contribution in [3.8, 4) is 0 Å². The van der Waals surface area contributed by atoms with Crippen molar-refractivity contribution in [1.82, 2.24) is 0 Å². The molecule has 1 heterocycles. The Kier molecular flexibility index (Phi) is 4.16. The third-order valence-corrected chi connectivity index (χ3v) is 3.32. The molecule has 0 aliphatic carbocycles. The quantitative estimate of drug-likeness (QED) is 0.557. The zero-order chi connectivity index (χ0) is 8.97. The molecule has 0 fully saturated rings. The minimum Gasteiger partial charge on any atom is -0.179 e. The Balaban J connectivity index is 2.45. The molecule has 0 aromatic carbocycles. The summed E-state index contributed by atoms with van der Waals surface area (Å²) in [5.41, 5.74) is 1.54. The van der Waals surface area contributed by atoms with Crippen LogP contribution in [0.1, 0.15) is 28.2 Å². The summed E-state index contributed by atoms with van der Waals surface area (Å²) in [6, 6.07) is 2.32. The average molecular weight is 200 g/mol. The fourth-order valence-corrected chi connectivity index (χ4v) is 2.56. The van der Waals surface area contributed by atoms with Crippen LogP contribution in [0.15, 0.2) is 6.07 Å². The van der Waals surface area contributed by atoms with Crippen LogP contribution in [-0.2, 0) is 6.42 Å². The third-order valence-electron chi connectivity index (χ3n) is 2.00. The maximum atomic E-state index is 4.20. The summed E-state index contributed by atoms with van der Waals surface area (Å²) >= 11 is 6.11. The number of thiol groups is 1. The van der Waals surface area contributed by atoms with Crippen LogP contribution < -0.4 is 0 Å². The Morgan fingerprint density at radius 1 is 1.33 bits per heavy atom. The fraction of sp³-hybridized carbons (Fsp3) is 0.600. The maximum Gasteiger partial charge on any atom is 0.00490 e. The van der Waals surface area contributed by atoms with Crippen molar-refractivity contribution in [3.63, 3.8) is 0 Å². The molecule has 0 saturated heterocycles. The highest BCUT2D eigenvalue weighted by Crippen LogP contribution is 2.22. The summed E-state index contributed by atoms with van der Waals surface area (Å²) in [5, 5.41) is 0. The monoisotopic (exact) mass is 200 g/mol. The highest BCUT2D eigenvalue weighted by molar-refractivity contribution is 7.80. The molecular formula is C10H16S2. The van der Waals surface area contributed by atoms with Gasteiger partial charge in [0, 0.05) is 9.75 Å². The van der Waals surface area contributed by atoms with Gasteiger partial charge in [0.05, 0.1) is 0 Å². The minimum absolute atomic E-state index is 1.02. The molecule has 0 bridgehead atoms. The summed E-state index contributed by atoms with van der Waals surface area (Å²) < 4.78 is 0. The number of hydrogen-bond donors (Lipinski definition) is 1. The second-order valence-corrected chi connectivity index (χ2v) is 5.03. The summed E-state index contributed by atoms with van der Waals surface area (Å²) in [4.78, 5) is 2.93. The molecule has 2 heteroatoms. The Hall–Kier alpha value is 0.0500. The van der Waals surface area contributed by atoms with Gasteiger partial charge in [-0.15, -0.1) is 11.3 Å². The van der Waals surface area contributed by atoms with Crippen molar-refractivity contribution in [3.05, 3.63) is 21.4 Å². The largest absolute Gasteiger partial charge is 0.179 e. The van der Waals surface area contributed by atoms with Crippen molar-refractivity contribution in [2.75, 3.05) is 5.75 Å². The number of aryl methyl sites for hydroxylation is 3. The van der Waals surface area contributed by atoms with Crippen LogP contribution in [0.25, 0.3) is 0 Å². The van der Waals surface area contributed by atoms with Gasteiger partial charge in [-0.05, 0) is 50.5 Å². The zero-order valence-corrected chi connectivity index (χ0v) is 9.47. The van der Waals surface area contributed by atoms with E-state index >= 15 is 0 Å². The molecule has 1 aromatic heterocycles. The molecule has 0 atom stereocenters. The summed E-state index contributed by atoms with van der Waals surface area (Å²) in [7, 11) is 0. The van der Waals surface area contributed by atoms with Crippen LogP contribution in [0.2, 0.25) is 0 Å². The van der Waals surface area contributed by atoms with Crippen LogP contribution in [0.4, 0.5) is 0 Å². The first-order valence-corrected chi connectivity index (χ1v) is 5.85. The first-order valence-electron chi connectivity index (χ1n) is 4.41. The first kappa shape index (κ1) is 10.1. The molecule has 0 spiro atoms. The van der Waals surface area contributed by atoms with E-state index in [0.717, 1.165) is 5.75 Å². The van der Waals surface area contributed by atoms with Crippen molar-refractivity contribution in [2.24, 2.45) is 0 Å². The van der Waals surface area contributed by atoms with Gasteiger partial charge in [0.25, 0.3) is 0 Å². The SMILES string of the molecule is Cc1cc(CCCCS)c(C)s1. The van der Waals surface area contributed by atoms with Gasteiger partial charge in [0.2, 0.25) is 0 Å². The molecule has 0 amide bonds. The smallest absolute Gasteiger partial charge is 0.00490 e. The van der Waals surface area contributed by atoms with Gasteiger partial charge in [-0.1, -0.05) is 0 Å². The predicted molar refractivity (Wildman–Crippen MR) is 60.6 cm³/mol. The number of hydrogen-bond acceptors (Lipinski definition) is 2. The van der Waals surface area contributed by atoms with Gasteiger partial charge in [-0.3, -0.25) is 0 Å². The molecule has 1 aromatic rings. The number of thiophene rings is 1. The summed E-state index contributed by atoms with van der Waals surface area (Å²) in [6.07, 6.45) is 3.74. The number of rotatable bonds is 4. The molecule has 0 N–H and O–H groups in total. The van der Waals surface area contributed by atoms with Crippen LogP contribution >= 0.6 is 24.0 Å². The van der Waals surface area contributed by atoms with Gasteiger partial charge < -0.3 is 0 Å². The zero-order valence-electron chi connectivity index (χ0n) is 7.76. The highest BCUT2D eigenvalue weighted by Gasteiger charge is 2.01. The van der Waals surface area contributed by atoms with Crippen molar-refractivity contribution in [1.29, 1.82) is 0 Å². The lowest BCUT2D eigenvalue weighted by Gasteiger charge is -1.97. The lowest BCUT2D eigenvalue weighted by molar-refractivity contribution is 0.803. The molecule has 0 unspecified atom stereocenters. The standard InChI is InChI=1S/C10H16S2/c1-8-7-10(9(2)12-8)5-3-4-6-11/h7,11H,3-6H2,1-2H3. The van der Waals surface area contributed by atoms with Crippen molar-refractivity contribution in [2.45, 2.75) is 33.1 Å². The third kappa shape index (κ3) is 2.83. The van der Waals surface area contributed by atoms with Gasteiger partial charge in [0.15, 0.2) is 0 Å². The lowest BCUT2D eigenvalue weighted by atomic mass is 10.1. The van der Waals surface area contributed by atoms with Crippen LogP contribution in [0.5, 0.6) is 0 Å². The topological polar surface area (TPSA) is 0 Å². The molecule has 0 nitrogen and oxygen atoms in total. The van der Waals surface area contributed by atoms with Crippen LogP contribution in [-0.4, -0.2) is 5.75 Å². The van der Waals surface area contributed by atoms with Crippen molar-refractivity contribution < 1.29 is 0 Å². The van der Waals surface area contributed by atoms with E-state index in [9.17, 15) is 0 Å². The average Bonchev–Trinajstić information content (AvgIpc) is 2.31. The Morgan fingerprint density at radius 2 is 2.08 bits per heavy atom. The molecule has 68 valence electrons. The van der Waals surface area contributed by atoms with Gasteiger partial charge in [-0.25, -0.2) is 0 Å². The lowest BCUT2D eigenvalue weighted by Crippen LogP contribution is -1.85. The molecule has 1 rings (SSSR count). The normalized spacial score (nSPS) is 10.6. The molecule has 0 aliphatic heterocycles. The first-order chi connectivity index (χ1) is 5.74. The minimum atomic E-state index is 1.02.